The molecule has 2 heterocycles. The first-order chi connectivity index (χ1) is 17.5. The van der Waals surface area contributed by atoms with Crippen molar-refractivity contribution in [1.29, 1.82) is 5.26 Å². The number of esters is 1. The summed E-state index contributed by atoms with van der Waals surface area (Å²) in [5, 5.41) is 9.18. The summed E-state index contributed by atoms with van der Waals surface area (Å²) in [6, 6.07) is 22.3. The van der Waals surface area contributed by atoms with Crippen molar-refractivity contribution in [3.05, 3.63) is 71.1 Å². The van der Waals surface area contributed by atoms with E-state index < -0.39 is 28.8 Å². The average Bonchev–Trinajstić information content (AvgIpc) is 3.35. The molecule has 0 spiro atoms. The summed E-state index contributed by atoms with van der Waals surface area (Å²) in [5.41, 5.74) is 3.53. The third-order valence-corrected chi connectivity index (χ3v) is 12.3. The highest BCUT2D eigenvalue weighted by Gasteiger charge is 2.51. The van der Waals surface area contributed by atoms with E-state index in [1.165, 1.54) is 11.3 Å². The summed E-state index contributed by atoms with van der Waals surface area (Å²) >= 11 is 1.38. The number of nitriles is 1. The number of carbonyl (C=O) groups excluding carboxylic acids is 1. The molecule has 194 valence electrons. The Bertz CT molecular complexity index is 1420. The molecule has 0 saturated carbocycles. The van der Waals surface area contributed by atoms with Crippen molar-refractivity contribution in [3.8, 4) is 27.6 Å². The van der Waals surface area contributed by atoms with Gasteiger partial charge in [-0.2, -0.15) is 5.26 Å². The van der Waals surface area contributed by atoms with E-state index in [4.69, 9.17) is 4.74 Å². The Morgan fingerprint density at radius 1 is 1.03 bits per heavy atom. The number of nitrogens with zero attached hydrogens (tertiary/aromatic N) is 1. The first-order valence-electron chi connectivity index (χ1n) is 12.7. The normalized spacial score (nSPS) is 19.2. The maximum absolute atomic E-state index is 13.4. The molecule has 2 aromatic carbocycles. The van der Waals surface area contributed by atoms with Gasteiger partial charge in [-0.15, -0.1) is 11.3 Å². The minimum absolute atomic E-state index is 0.0267. The molecule has 3 aromatic rings. The van der Waals surface area contributed by atoms with Gasteiger partial charge in [0.1, 0.15) is 0 Å². The molecule has 1 aromatic heterocycles. The number of carbonyl (C=O) groups is 1. The lowest BCUT2D eigenvalue weighted by Crippen LogP contribution is -2.44. The number of sulfone groups is 1. The maximum Gasteiger partial charge on any atom is 0.307 e. The molecule has 0 amide bonds. The highest BCUT2D eigenvalue weighted by molar-refractivity contribution is 7.92. The SMILES string of the molecule is C[Si](C)(C)CCCC(=O)O[C@@]1(c2ccc(-c3ccc(-c4cccc(C#N)c4)cc3)s2)CCCCS1(=O)=O. The highest BCUT2D eigenvalue weighted by atomic mass is 32.2. The van der Waals surface area contributed by atoms with Gasteiger partial charge in [-0.3, -0.25) is 4.79 Å². The lowest BCUT2D eigenvalue weighted by molar-refractivity contribution is -0.153. The molecule has 1 atom stereocenters. The smallest absolute Gasteiger partial charge is 0.307 e. The number of rotatable bonds is 8. The Morgan fingerprint density at radius 2 is 1.76 bits per heavy atom. The lowest BCUT2D eigenvalue weighted by Gasteiger charge is -2.35. The molecule has 4 rings (SSSR count). The van der Waals surface area contributed by atoms with Gasteiger partial charge >= 0.3 is 5.97 Å². The van der Waals surface area contributed by atoms with Crippen molar-refractivity contribution < 1.29 is 17.9 Å². The molecule has 0 unspecified atom stereocenters. The van der Waals surface area contributed by atoms with Crippen LogP contribution in [0.15, 0.2) is 60.7 Å². The van der Waals surface area contributed by atoms with Crippen LogP contribution >= 0.6 is 11.3 Å². The zero-order valence-corrected chi connectivity index (χ0v) is 24.3. The number of benzene rings is 2. The standard InChI is InChI=1S/C29H33NO4S2Si/c1-37(2,3)19-7-10-28(31)34-29(17-4-5-18-36(29,32)33)27-16-15-26(35-27)24-13-11-23(12-14-24)25-9-6-8-22(20-25)21-30/h6,8-9,11-16,20H,4-5,7,10,17-19H2,1-3H3/t29-/m0/s1. The zero-order chi connectivity index (χ0) is 26.7. The topological polar surface area (TPSA) is 84.2 Å². The summed E-state index contributed by atoms with van der Waals surface area (Å²) in [6.07, 6.45) is 2.55. The number of thiophene rings is 1. The molecule has 0 N–H and O–H groups in total. The third kappa shape index (κ3) is 6.23. The Hall–Kier alpha value is -2.73. The van der Waals surface area contributed by atoms with Crippen LogP contribution in [0.2, 0.25) is 25.7 Å². The van der Waals surface area contributed by atoms with Crippen LogP contribution in [-0.2, 0) is 24.3 Å². The van der Waals surface area contributed by atoms with Crippen molar-refractivity contribution in [1.82, 2.24) is 0 Å². The molecular formula is C29H33NO4S2Si. The van der Waals surface area contributed by atoms with Gasteiger partial charge < -0.3 is 4.74 Å². The second-order valence-electron chi connectivity index (χ2n) is 10.9. The molecule has 37 heavy (non-hydrogen) atoms. The van der Waals surface area contributed by atoms with Gasteiger partial charge in [0, 0.05) is 25.8 Å². The van der Waals surface area contributed by atoms with Crippen molar-refractivity contribution >= 4 is 35.2 Å². The predicted octanol–water partition coefficient (Wildman–Crippen LogP) is 7.37. The van der Waals surface area contributed by atoms with Crippen molar-refractivity contribution in [2.75, 3.05) is 5.75 Å². The lowest BCUT2D eigenvalue weighted by atomic mass is 10.0. The first kappa shape index (κ1) is 27.3. The van der Waals surface area contributed by atoms with E-state index in [0.29, 0.717) is 29.7 Å². The summed E-state index contributed by atoms with van der Waals surface area (Å²) < 4.78 is 32.7. The minimum Gasteiger partial charge on any atom is -0.437 e. The second kappa shape index (κ2) is 10.9. The van der Waals surface area contributed by atoms with Crippen LogP contribution in [0.1, 0.15) is 42.5 Å². The van der Waals surface area contributed by atoms with Gasteiger partial charge in [0.15, 0.2) is 9.84 Å². The van der Waals surface area contributed by atoms with E-state index >= 15 is 0 Å². The summed E-state index contributed by atoms with van der Waals surface area (Å²) in [4.78, 5) is 12.8. The monoisotopic (exact) mass is 551 g/mol. The van der Waals surface area contributed by atoms with E-state index in [1.807, 2.05) is 54.6 Å². The van der Waals surface area contributed by atoms with E-state index in [1.54, 1.807) is 6.07 Å². The van der Waals surface area contributed by atoms with Crippen LogP contribution < -0.4 is 0 Å². The fourth-order valence-corrected chi connectivity index (χ4v) is 9.47. The summed E-state index contributed by atoms with van der Waals surface area (Å²) in [5.74, 6) is -0.401. The maximum atomic E-state index is 13.4. The zero-order valence-electron chi connectivity index (χ0n) is 21.6. The predicted molar refractivity (Wildman–Crippen MR) is 153 cm³/mol. The van der Waals surface area contributed by atoms with Crippen LogP contribution in [0, 0.1) is 11.3 Å². The van der Waals surface area contributed by atoms with Crippen LogP contribution in [0.25, 0.3) is 21.6 Å². The van der Waals surface area contributed by atoms with E-state index in [2.05, 4.69) is 25.7 Å². The Morgan fingerprint density at radius 3 is 2.43 bits per heavy atom. The molecule has 1 fully saturated rings. The van der Waals surface area contributed by atoms with E-state index in [-0.39, 0.29) is 12.2 Å². The Balaban J connectivity index is 1.59. The number of hydrogen-bond acceptors (Lipinski definition) is 6. The van der Waals surface area contributed by atoms with E-state index in [9.17, 15) is 18.5 Å². The fraction of sp³-hybridized carbons (Fsp3) is 0.379. The van der Waals surface area contributed by atoms with Gasteiger partial charge in [0.25, 0.3) is 0 Å². The van der Waals surface area contributed by atoms with Gasteiger partial charge in [0.2, 0.25) is 4.93 Å². The second-order valence-corrected chi connectivity index (χ2v) is 19.9. The molecule has 1 aliphatic rings. The molecule has 0 aliphatic carbocycles. The van der Waals surface area contributed by atoms with Crippen LogP contribution in [0.4, 0.5) is 0 Å². The van der Waals surface area contributed by atoms with Crippen molar-refractivity contribution in [2.24, 2.45) is 0 Å². The first-order valence-corrected chi connectivity index (χ1v) is 18.9. The molecule has 1 saturated heterocycles. The Labute approximate surface area is 225 Å². The molecule has 8 heteroatoms. The minimum atomic E-state index is -3.66. The fourth-order valence-electron chi connectivity index (χ4n) is 4.70. The molecule has 1 aliphatic heterocycles. The number of ether oxygens (including phenoxy) is 1. The quantitative estimate of drug-likeness (QED) is 0.216. The van der Waals surface area contributed by atoms with Crippen LogP contribution in [0.5, 0.6) is 0 Å². The summed E-state index contributed by atoms with van der Waals surface area (Å²) in [6.45, 7) is 6.78. The molecule has 0 bridgehead atoms. The Kier molecular flexibility index (Phi) is 8.07. The van der Waals surface area contributed by atoms with Crippen LogP contribution in [0.3, 0.4) is 0 Å². The molecular weight excluding hydrogens is 519 g/mol. The van der Waals surface area contributed by atoms with Gasteiger partial charge in [-0.1, -0.05) is 62.1 Å². The molecule has 5 nitrogen and oxygen atoms in total. The highest BCUT2D eigenvalue weighted by Crippen LogP contribution is 2.46. The summed E-state index contributed by atoms with van der Waals surface area (Å²) in [7, 11) is -4.95. The van der Waals surface area contributed by atoms with Crippen molar-refractivity contribution in [2.45, 2.75) is 62.7 Å². The van der Waals surface area contributed by atoms with Crippen LogP contribution in [-0.4, -0.2) is 28.2 Å². The molecule has 0 radical (unpaired) electrons. The number of hydrogen-bond donors (Lipinski definition) is 0. The van der Waals surface area contributed by atoms with Gasteiger partial charge in [-0.25, -0.2) is 8.42 Å². The largest absolute Gasteiger partial charge is 0.437 e. The van der Waals surface area contributed by atoms with Crippen molar-refractivity contribution in [3.63, 3.8) is 0 Å². The van der Waals surface area contributed by atoms with Gasteiger partial charge in [-0.05, 0) is 60.2 Å². The average molecular weight is 552 g/mol. The third-order valence-electron chi connectivity index (χ3n) is 6.73. The van der Waals surface area contributed by atoms with E-state index in [0.717, 1.165) is 34.0 Å². The van der Waals surface area contributed by atoms with Gasteiger partial charge in [0.05, 0.1) is 22.3 Å².